The third kappa shape index (κ3) is 2.06. The molecule has 1 saturated heterocycles. The van der Waals surface area contributed by atoms with Crippen molar-refractivity contribution in [1.29, 1.82) is 0 Å². The van der Waals surface area contributed by atoms with Crippen LogP contribution in [0.4, 0.5) is 0 Å². The number of aliphatic carboxylic acids is 1. The monoisotopic (exact) mass is 297 g/mol. The minimum absolute atomic E-state index is 0.0637. The van der Waals surface area contributed by atoms with Crippen LogP contribution in [-0.2, 0) is 4.79 Å². The van der Waals surface area contributed by atoms with Crippen molar-refractivity contribution in [3.63, 3.8) is 0 Å². The smallest absolute Gasteiger partial charge is 0.326 e. The topological polar surface area (TPSA) is 76.1 Å². The molecule has 2 aliphatic rings. The Bertz CT molecular complexity index is 588. The molecule has 6 nitrogen and oxygen atoms in total. The molecular weight excluding hydrogens is 286 g/mol. The zero-order valence-corrected chi connectivity index (χ0v) is 11.2. The Hall–Kier alpha value is -1.95. The van der Waals surface area contributed by atoms with Gasteiger partial charge < -0.3 is 19.5 Å². The van der Waals surface area contributed by atoms with Crippen LogP contribution in [-0.4, -0.2) is 41.3 Å². The lowest BCUT2D eigenvalue weighted by molar-refractivity contribution is -0.141. The number of rotatable bonds is 2. The molecule has 0 unspecified atom stereocenters. The second-order valence-electron chi connectivity index (χ2n) is 4.69. The summed E-state index contributed by atoms with van der Waals surface area (Å²) in [6.45, 7) is 0.496. The quantitative estimate of drug-likeness (QED) is 0.900. The maximum absolute atomic E-state index is 12.4. The average Bonchev–Trinajstić information content (AvgIpc) is 3.06. The second kappa shape index (κ2) is 4.86. The van der Waals surface area contributed by atoms with Crippen molar-refractivity contribution >= 4 is 23.5 Å². The summed E-state index contributed by atoms with van der Waals surface area (Å²) in [5.41, 5.74) is 0.312. The second-order valence-corrected chi connectivity index (χ2v) is 5.09. The largest absolute Gasteiger partial charge is 0.480 e. The van der Waals surface area contributed by atoms with E-state index in [0.717, 1.165) is 0 Å². The number of ether oxygens (including phenoxy) is 2. The molecule has 1 amide bonds. The summed E-state index contributed by atoms with van der Waals surface area (Å²) in [6, 6.07) is 2.24. The fraction of sp³-hybridized carbons (Fsp3) is 0.385. The van der Waals surface area contributed by atoms with E-state index in [9.17, 15) is 9.59 Å². The summed E-state index contributed by atoms with van der Waals surface area (Å²) in [6.07, 6.45) is 1.15. The van der Waals surface area contributed by atoms with Gasteiger partial charge in [-0.15, -0.1) is 0 Å². The van der Waals surface area contributed by atoms with E-state index in [4.69, 9.17) is 26.2 Å². The van der Waals surface area contributed by atoms with Crippen LogP contribution in [0, 0.1) is 0 Å². The summed E-state index contributed by atoms with van der Waals surface area (Å²) in [7, 11) is 0. The summed E-state index contributed by atoms with van der Waals surface area (Å²) < 4.78 is 10.4. The number of hydrogen-bond acceptors (Lipinski definition) is 4. The first-order valence-corrected chi connectivity index (χ1v) is 6.58. The minimum Gasteiger partial charge on any atom is -0.480 e. The van der Waals surface area contributed by atoms with Crippen LogP contribution in [0.5, 0.6) is 11.5 Å². The Balaban J connectivity index is 1.91. The standard InChI is InChI=1S/C13H12ClNO5/c14-8-4-7(5-10-11(8)20-6-19-10)12(16)15-3-1-2-9(15)13(17)18/h4-5,9H,1-3,6H2,(H,17,18)/t9-/m0/s1. The van der Waals surface area contributed by atoms with Gasteiger partial charge in [-0.1, -0.05) is 11.6 Å². The molecular formula is C13H12ClNO5. The number of hydrogen-bond donors (Lipinski definition) is 1. The van der Waals surface area contributed by atoms with E-state index < -0.39 is 12.0 Å². The normalized spacial score (nSPS) is 20.2. The van der Waals surface area contributed by atoms with E-state index in [0.29, 0.717) is 36.4 Å². The molecule has 1 aromatic carbocycles. The molecule has 106 valence electrons. The molecule has 0 aromatic heterocycles. The highest BCUT2D eigenvalue weighted by Crippen LogP contribution is 2.40. The third-order valence-electron chi connectivity index (χ3n) is 3.47. The van der Waals surface area contributed by atoms with Crippen molar-refractivity contribution in [3.8, 4) is 11.5 Å². The van der Waals surface area contributed by atoms with Crippen LogP contribution in [0.25, 0.3) is 0 Å². The number of carbonyl (C=O) groups excluding carboxylic acids is 1. The van der Waals surface area contributed by atoms with Crippen LogP contribution in [0.3, 0.4) is 0 Å². The minimum atomic E-state index is -0.984. The predicted octanol–water partition coefficient (Wildman–Crippen LogP) is 1.76. The molecule has 20 heavy (non-hydrogen) atoms. The summed E-state index contributed by atoms with van der Waals surface area (Å²) >= 11 is 6.03. The zero-order chi connectivity index (χ0) is 14.3. The molecule has 0 aliphatic carbocycles. The van der Waals surface area contributed by atoms with Gasteiger partial charge in [-0.3, -0.25) is 4.79 Å². The summed E-state index contributed by atoms with van der Waals surface area (Å²) in [5.74, 6) is -0.510. The van der Waals surface area contributed by atoms with Gasteiger partial charge in [-0.25, -0.2) is 4.79 Å². The molecule has 7 heteroatoms. The van der Waals surface area contributed by atoms with Gasteiger partial charge in [0.05, 0.1) is 5.02 Å². The molecule has 3 rings (SSSR count). The number of nitrogens with zero attached hydrogens (tertiary/aromatic N) is 1. The highest BCUT2D eigenvalue weighted by atomic mass is 35.5. The highest BCUT2D eigenvalue weighted by molar-refractivity contribution is 6.32. The van der Waals surface area contributed by atoms with Crippen LogP contribution >= 0.6 is 11.6 Å². The third-order valence-corrected chi connectivity index (χ3v) is 3.75. The van der Waals surface area contributed by atoms with E-state index in [1.807, 2.05) is 0 Å². The first kappa shape index (κ1) is 13.1. The molecule has 0 radical (unpaired) electrons. The fourth-order valence-corrected chi connectivity index (χ4v) is 2.79. The van der Waals surface area contributed by atoms with E-state index in [-0.39, 0.29) is 17.7 Å². The van der Waals surface area contributed by atoms with E-state index in [2.05, 4.69) is 0 Å². The lowest BCUT2D eigenvalue weighted by atomic mass is 10.1. The summed E-state index contributed by atoms with van der Waals surface area (Å²) in [5, 5.41) is 9.41. The first-order valence-electron chi connectivity index (χ1n) is 6.21. The van der Waals surface area contributed by atoms with Crippen LogP contribution < -0.4 is 9.47 Å². The number of likely N-dealkylation sites (tertiary alicyclic amines) is 1. The van der Waals surface area contributed by atoms with E-state index >= 15 is 0 Å². The number of carboxylic acids is 1. The maximum atomic E-state index is 12.4. The number of halogens is 1. The first-order chi connectivity index (χ1) is 9.58. The Morgan fingerprint density at radius 1 is 1.35 bits per heavy atom. The van der Waals surface area contributed by atoms with Crippen LogP contribution in [0.1, 0.15) is 23.2 Å². The number of benzene rings is 1. The lowest BCUT2D eigenvalue weighted by Gasteiger charge is -2.21. The van der Waals surface area contributed by atoms with Gasteiger partial charge in [-0.05, 0) is 25.0 Å². The molecule has 0 saturated carbocycles. The van der Waals surface area contributed by atoms with Gasteiger partial charge in [-0.2, -0.15) is 0 Å². The molecule has 0 bridgehead atoms. The van der Waals surface area contributed by atoms with Gasteiger partial charge in [0.2, 0.25) is 6.79 Å². The van der Waals surface area contributed by atoms with Crippen LogP contribution in [0.15, 0.2) is 12.1 Å². The fourth-order valence-electron chi connectivity index (χ4n) is 2.52. The van der Waals surface area contributed by atoms with Crippen molar-refractivity contribution < 1.29 is 24.2 Å². The predicted molar refractivity (Wildman–Crippen MR) is 69.3 cm³/mol. The highest BCUT2D eigenvalue weighted by Gasteiger charge is 2.35. The summed E-state index contributed by atoms with van der Waals surface area (Å²) in [4.78, 5) is 24.9. The molecule has 0 spiro atoms. The Labute approximate surface area is 119 Å². The number of fused-ring (bicyclic) bond motifs is 1. The van der Waals surface area contributed by atoms with Crippen molar-refractivity contribution in [2.24, 2.45) is 0 Å². The molecule has 2 aliphatic heterocycles. The number of amides is 1. The van der Waals surface area contributed by atoms with Crippen molar-refractivity contribution in [2.45, 2.75) is 18.9 Å². The zero-order valence-electron chi connectivity index (χ0n) is 10.5. The van der Waals surface area contributed by atoms with Crippen LogP contribution in [0.2, 0.25) is 5.02 Å². The lowest BCUT2D eigenvalue weighted by Crippen LogP contribution is -2.40. The number of carbonyl (C=O) groups is 2. The molecule has 1 fully saturated rings. The number of carboxylic acid groups (broad SMARTS) is 1. The molecule has 1 aromatic rings. The van der Waals surface area contributed by atoms with Crippen molar-refractivity contribution in [3.05, 3.63) is 22.7 Å². The van der Waals surface area contributed by atoms with Crippen molar-refractivity contribution in [2.75, 3.05) is 13.3 Å². The van der Waals surface area contributed by atoms with E-state index in [1.165, 1.54) is 17.0 Å². The molecule has 1 atom stereocenters. The van der Waals surface area contributed by atoms with Gasteiger partial charge >= 0.3 is 5.97 Å². The molecule has 1 N–H and O–H groups in total. The Kier molecular flexibility index (Phi) is 3.17. The molecule has 2 heterocycles. The Morgan fingerprint density at radius 3 is 2.90 bits per heavy atom. The van der Waals surface area contributed by atoms with Gasteiger partial charge in [0.15, 0.2) is 11.5 Å². The SMILES string of the molecule is O=C(O)[C@@H]1CCCN1C(=O)c1cc(Cl)c2c(c1)OCO2. The van der Waals surface area contributed by atoms with E-state index in [1.54, 1.807) is 0 Å². The van der Waals surface area contributed by atoms with Crippen molar-refractivity contribution in [1.82, 2.24) is 4.90 Å². The maximum Gasteiger partial charge on any atom is 0.326 e. The van der Waals surface area contributed by atoms with Gasteiger partial charge in [0.1, 0.15) is 6.04 Å². The average molecular weight is 298 g/mol. The van der Waals surface area contributed by atoms with Gasteiger partial charge in [0, 0.05) is 12.1 Å². The van der Waals surface area contributed by atoms with Gasteiger partial charge in [0.25, 0.3) is 5.91 Å². The Morgan fingerprint density at radius 2 is 2.15 bits per heavy atom.